The Morgan fingerprint density at radius 3 is 2.89 bits per heavy atom. The Morgan fingerprint density at radius 2 is 2.11 bits per heavy atom. The smallest absolute Gasteiger partial charge is 0.240 e. The van der Waals surface area contributed by atoms with Gasteiger partial charge in [-0.05, 0) is 43.4 Å². The first-order valence-corrected chi connectivity index (χ1v) is 10.6. The summed E-state index contributed by atoms with van der Waals surface area (Å²) < 4.78 is 10.8. The molecule has 7 heteroatoms. The van der Waals surface area contributed by atoms with Gasteiger partial charge in [-0.15, -0.1) is 0 Å². The van der Waals surface area contributed by atoms with Crippen molar-refractivity contribution < 1.29 is 8.94 Å². The number of benzene rings is 1. The van der Waals surface area contributed by atoms with Crippen molar-refractivity contribution in [1.82, 2.24) is 15.5 Å². The molecule has 4 rings (SSSR count). The van der Waals surface area contributed by atoms with Crippen LogP contribution in [0.4, 0.5) is 5.69 Å². The SMILES string of the molecule is CSCc1noc(CNC2CCN(c3cccc(-c4ccco4)c3)CC2)n1. The van der Waals surface area contributed by atoms with Gasteiger partial charge < -0.3 is 19.2 Å². The minimum atomic E-state index is 0.477. The number of hydrogen-bond acceptors (Lipinski definition) is 7. The average molecular weight is 385 g/mol. The number of furan rings is 1. The minimum Gasteiger partial charge on any atom is -0.464 e. The number of nitrogens with one attached hydrogen (secondary N) is 1. The van der Waals surface area contributed by atoms with Gasteiger partial charge in [-0.3, -0.25) is 0 Å². The molecule has 3 aromatic rings. The average Bonchev–Trinajstić information content (AvgIpc) is 3.40. The van der Waals surface area contributed by atoms with Gasteiger partial charge in [0.05, 0.1) is 18.6 Å². The van der Waals surface area contributed by atoms with Crippen LogP contribution in [-0.2, 0) is 12.3 Å². The first kappa shape index (κ1) is 18.1. The van der Waals surface area contributed by atoms with Crippen molar-refractivity contribution in [3.63, 3.8) is 0 Å². The van der Waals surface area contributed by atoms with Gasteiger partial charge >= 0.3 is 0 Å². The van der Waals surface area contributed by atoms with E-state index < -0.39 is 0 Å². The Hall–Kier alpha value is -2.25. The van der Waals surface area contributed by atoms with Gasteiger partial charge in [-0.25, -0.2) is 0 Å². The summed E-state index contributed by atoms with van der Waals surface area (Å²) >= 11 is 1.70. The molecular formula is C20H24N4O2S. The van der Waals surface area contributed by atoms with Crippen LogP contribution in [0.15, 0.2) is 51.6 Å². The first-order chi connectivity index (χ1) is 13.3. The third-order valence-electron chi connectivity index (χ3n) is 4.84. The highest BCUT2D eigenvalue weighted by molar-refractivity contribution is 7.97. The Balaban J connectivity index is 1.29. The third kappa shape index (κ3) is 4.54. The van der Waals surface area contributed by atoms with Gasteiger partial charge in [0.2, 0.25) is 5.89 Å². The zero-order chi connectivity index (χ0) is 18.5. The second-order valence-electron chi connectivity index (χ2n) is 6.71. The van der Waals surface area contributed by atoms with Gasteiger partial charge in [-0.1, -0.05) is 17.3 Å². The zero-order valence-corrected chi connectivity index (χ0v) is 16.2. The van der Waals surface area contributed by atoms with Crippen LogP contribution in [0, 0.1) is 0 Å². The number of anilines is 1. The second-order valence-corrected chi connectivity index (χ2v) is 7.57. The summed E-state index contributed by atoms with van der Waals surface area (Å²) in [4.78, 5) is 6.84. The van der Waals surface area contributed by atoms with Crippen molar-refractivity contribution in [2.45, 2.75) is 31.2 Å². The third-order valence-corrected chi connectivity index (χ3v) is 5.38. The fourth-order valence-corrected chi connectivity index (χ4v) is 3.80. The molecule has 0 unspecified atom stereocenters. The Kier molecular flexibility index (Phi) is 5.79. The Labute approximate surface area is 163 Å². The fraction of sp³-hybridized carbons (Fsp3) is 0.400. The number of rotatable bonds is 7. The van der Waals surface area contributed by atoms with Crippen molar-refractivity contribution in [3.05, 3.63) is 54.4 Å². The van der Waals surface area contributed by atoms with E-state index in [2.05, 4.69) is 44.6 Å². The van der Waals surface area contributed by atoms with E-state index in [9.17, 15) is 0 Å². The van der Waals surface area contributed by atoms with E-state index >= 15 is 0 Å². The van der Waals surface area contributed by atoms with Crippen LogP contribution in [0.3, 0.4) is 0 Å². The molecule has 1 aromatic carbocycles. The van der Waals surface area contributed by atoms with Gasteiger partial charge in [0, 0.05) is 30.4 Å². The van der Waals surface area contributed by atoms with Crippen LogP contribution >= 0.6 is 11.8 Å². The molecule has 1 aliphatic heterocycles. The quantitative estimate of drug-likeness (QED) is 0.661. The lowest BCUT2D eigenvalue weighted by atomic mass is 10.0. The second kappa shape index (κ2) is 8.63. The van der Waals surface area contributed by atoms with Gasteiger partial charge in [0.1, 0.15) is 5.76 Å². The molecule has 27 heavy (non-hydrogen) atoms. The Morgan fingerprint density at radius 1 is 1.22 bits per heavy atom. The molecule has 0 spiro atoms. The normalized spacial score (nSPS) is 15.4. The molecule has 142 valence electrons. The standard InChI is InChI=1S/C20H24N4O2S/c1-27-14-19-22-20(26-23-19)13-21-16-7-9-24(10-8-16)17-5-2-4-15(12-17)18-6-3-11-25-18/h2-6,11-12,16,21H,7-10,13-14H2,1H3. The molecular weight excluding hydrogens is 360 g/mol. The molecule has 0 atom stereocenters. The highest BCUT2D eigenvalue weighted by Gasteiger charge is 2.20. The highest BCUT2D eigenvalue weighted by Crippen LogP contribution is 2.27. The molecule has 3 heterocycles. The van der Waals surface area contributed by atoms with E-state index in [0.717, 1.165) is 48.8 Å². The molecule has 1 aliphatic rings. The van der Waals surface area contributed by atoms with E-state index in [1.807, 2.05) is 18.4 Å². The lowest BCUT2D eigenvalue weighted by molar-refractivity contribution is 0.339. The van der Waals surface area contributed by atoms with Gasteiger partial charge in [-0.2, -0.15) is 16.7 Å². The molecule has 1 N–H and O–H groups in total. The number of nitrogens with zero attached hydrogens (tertiary/aromatic N) is 3. The predicted molar refractivity (Wildman–Crippen MR) is 108 cm³/mol. The number of hydrogen-bond donors (Lipinski definition) is 1. The Bertz CT molecular complexity index is 841. The maximum absolute atomic E-state index is 5.52. The lowest BCUT2D eigenvalue weighted by Crippen LogP contribution is -2.42. The maximum Gasteiger partial charge on any atom is 0.240 e. The van der Waals surface area contributed by atoms with Gasteiger partial charge in [0.15, 0.2) is 5.82 Å². The molecule has 0 radical (unpaired) electrons. The van der Waals surface area contributed by atoms with E-state index in [1.54, 1.807) is 18.0 Å². The van der Waals surface area contributed by atoms with E-state index in [4.69, 9.17) is 8.94 Å². The van der Waals surface area contributed by atoms with Crippen molar-refractivity contribution >= 4 is 17.4 Å². The summed E-state index contributed by atoms with van der Waals surface area (Å²) in [6, 6.07) is 13.0. The number of thioether (sulfide) groups is 1. The molecule has 1 fully saturated rings. The first-order valence-electron chi connectivity index (χ1n) is 9.24. The molecule has 0 amide bonds. The van der Waals surface area contributed by atoms with Crippen LogP contribution in [0.25, 0.3) is 11.3 Å². The van der Waals surface area contributed by atoms with Crippen LogP contribution in [0.5, 0.6) is 0 Å². The van der Waals surface area contributed by atoms with E-state index in [-0.39, 0.29) is 0 Å². The molecule has 0 saturated carbocycles. The highest BCUT2D eigenvalue weighted by atomic mass is 32.2. The van der Waals surface area contributed by atoms with Crippen molar-refractivity contribution in [1.29, 1.82) is 0 Å². The van der Waals surface area contributed by atoms with E-state index in [0.29, 0.717) is 18.5 Å². The van der Waals surface area contributed by atoms with Crippen LogP contribution in [0.2, 0.25) is 0 Å². The largest absolute Gasteiger partial charge is 0.464 e. The van der Waals surface area contributed by atoms with Crippen LogP contribution in [-0.4, -0.2) is 35.5 Å². The molecule has 0 aliphatic carbocycles. The summed E-state index contributed by atoms with van der Waals surface area (Å²) in [6.45, 7) is 2.70. The summed E-state index contributed by atoms with van der Waals surface area (Å²) in [5.74, 6) is 3.14. The van der Waals surface area contributed by atoms with Crippen molar-refractivity contribution in [3.8, 4) is 11.3 Å². The van der Waals surface area contributed by atoms with Crippen LogP contribution in [0.1, 0.15) is 24.6 Å². The maximum atomic E-state index is 5.52. The molecule has 6 nitrogen and oxygen atoms in total. The minimum absolute atomic E-state index is 0.477. The number of piperidine rings is 1. The van der Waals surface area contributed by atoms with Crippen molar-refractivity contribution in [2.24, 2.45) is 0 Å². The van der Waals surface area contributed by atoms with Gasteiger partial charge in [0.25, 0.3) is 0 Å². The molecule has 2 aromatic heterocycles. The van der Waals surface area contributed by atoms with Crippen molar-refractivity contribution in [2.75, 3.05) is 24.2 Å². The van der Waals surface area contributed by atoms with E-state index in [1.165, 1.54) is 5.69 Å². The lowest BCUT2D eigenvalue weighted by Gasteiger charge is -2.34. The monoisotopic (exact) mass is 384 g/mol. The molecule has 1 saturated heterocycles. The van der Waals surface area contributed by atoms with Crippen LogP contribution < -0.4 is 10.2 Å². The summed E-state index contributed by atoms with van der Waals surface area (Å²) in [5.41, 5.74) is 2.37. The zero-order valence-electron chi connectivity index (χ0n) is 15.4. The summed E-state index contributed by atoms with van der Waals surface area (Å²) in [5, 5.41) is 7.54. The topological polar surface area (TPSA) is 67.3 Å². The fourth-order valence-electron chi connectivity index (χ4n) is 3.42. The summed E-state index contributed by atoms with van der Waals surface area (Å²) in [7, 11) is 0. The number of aromatic nitrogens is 2. The predicted octanol–water partition coefficient (Wildman–Crippen LogP) is 3.95. The summed E-state index contributed by atoms with van der Waals surface area (Å²) in [6.07, 6.45) is 5.94. The molecule has 0 bridgehead atoms.